The van der Waals surface area contributed by atoms with Crippen LogP contribution in [0.4, 0.5) is 22.7 Å². The molecule has 0 saturated heterocycles. The number of hydrogen-bond donors (Lipinski definition) is 4. The normalized spacial score (nSPS) is 9.92. The van der Waals surface area contributed by atoms with Crippen LogP contribution in [-0.4, -0.2) is 24.3 Å². The number of anilines is 4. The molecule has 3 amide bonds. The monoisotopic (exact) mass is 354 g/mol. The lowest BCUT2D eigenvalue weighted by molar-refractivity contribution is -0.116. The van der Waals surface area contributed by atoms with E-state index in [4.69, 9.17) is 0 Å². The van der Waals surface area contributed by atoms with Crippen molar-refractivity contribution in [2.75, 3.05) is 27.8 Å². The van der Waals surface area contributed by atoms with Gasteiger partial charge < -0.3 is 21.3 Å². The van der Waals surface area contributed by atoms with Crippen molar-refractivity contribution < 1.29 is 14.4 Å². The van der Waals surface area contributed by atoms with Crippen molar-refractivity contribution >= 4 is 40.5 Å². The van der Waals surface area contributed by atoms with Gasteiger partial charge in [0.05, 0.1) is 6.54 Å². The Labute approximate surface area is 152 Å². The molecule has 0 aliphatic carbocycles. The third kappa shape index (κ3) is 6.27. The van der Waals surface area contributed by atoms with Gasteiger partial charge in [-0.05, 0) is 42.5 Å². The van der Waals surface area contributed by atoms with Crippen molar-refractivity contribution in [1.29, 1.82) is 0 Å². The van der Waals surface area contributed by atoms with Gasteiger partial charge in [0.25, 0.3) is 0 Å². The Morgan fingerprint density at radius 1 is 0.769 bits per heavy atom. The maximum Gasteiger partial charge on any atom is 0.243 e. The standard InChI is InChI=1S/C19H22N4O3/c1-3-18(25)23-17-6-4-5-16(11-17)20-12-19(26)22-15-9-7-14(8-10-15)21-13(2)24/h4-11,20H,3,12H2,1-2H3,(H,21,24)(H,22,26)(H,23,25). The fourth-order valence-corrected chi connectivity index (χ4v) is 2.18. The Bertz CT molecular complexity index is 788. The minimum atomic E-state index is -0.208. The van der Waals surface area contributed by atoms with E-state index in [1.54, 1.807) is 49.4 Å². The van der Waals surface area contributed by atoms with Gasteiger partial charge in [-0.2, -0.15) is 0 Å². The minimum Gasteiger partial charge on any atom is -0.376 e. The average molecular weight is 354 g/mol. The van der Waals surface area contributed by atoms with Gasteiger partial charge >= 0.3 is 0 Å². The van der Waals surface area contributed by atoms with E-state index in [2.05, 4.69) is 21.3 Å². The first-order valence-corrected chi connectivity index (χ1v) is 8.27. The van der Waals surface area contributed by atoms with E-state index in [0.717, 1.165) is 5.69 Å². The predicted molar refractivity (Wildman–Crippen MR) is 103 cm³/mol. The second-order valence-electron chi connectivity index (χ2n) is 5.64. The zero-order chi connectivity index (χ0) is 18.9. The molecule has 0 bridgehead atoms. The number of hydrogen-bond acceptors (Lipinski definition) is 4. The molecule has 0 heterocycles. The van der Waals surface area contributed by atoms with E-state index in [1.807, 2.05) is 6.07 Å². The number of carbonyl (C=O) groups excluding carboxylic acids is 3. The molecule has 0 unspecified atom stereocenters. The third-order valence-electron chi connectivity index (χ3n) is 3.41. The molecule has 0 fully saturated rings. The number of rotatable bonds is 7. The van der Waals surface area contributed by atoms with Crippen LogP contribution < -0.4 is 21.3 Å². The summed E-state index contributed by atoms with van der Waals surface area (Å²) in [5.41, 5.74) is 2.71. The molecule has 0 aromatic heterocycles. The summed E-state index contributed by atoms with van der Waals surface area (Å²) in [4.78, 5) is 34.5. The van der Waals surface area contributed by atoms with Crippen LogP contribution in [0.3, 0.4) is 0 Å². The fraction of sp³-hybridized carbons (Fsp3) is 0.211. The summed E-state index contributed by atoms with van der Waals surface area (Å²) in [6.45, 7) is 3.30. The van der Waals surface area contributed by atoms with Crippen molar-refractivity contribution in [3.8, 4) is 0 Å². The molecular formula is C19H22N4O3. The van der Waals surface area contributed by atoms with E-state index in [0.29, 0.717) is 23.5 Å². The second kappa shape index (κ2) is 9.22. The van der Waals surface area contributed by atoms with Crippen molar-refractivity contribution in [3.63, 3.8) is 0 Å². The highest BCUT2D eigenvalue weighted by molar-refractivity contribution is 5.95. The summed E-state index contributed by atoms with van der Waals surface area (Å²) in [6, 6.07) is 14.0. The summed E-state index contributed by atoms with van der Waals surface area (Å²) in [5.74, 6) is -0.425. The molecular weight excluding hydrogens is 332 g/mol. The van der Waals surface area contributed by atoms with E-state index in [1.165, 1.54) is 6.92 Å². The zero-order valence-electron chi connectivity index (χ0n) is 14.8. The Balaban J connectivity index is 1.85. The van der Waals surface area contributed by atoms with Gasteiger partial charge in [-0.3, -0.25) is 14.4 Å². The fourth-order valence-electron chi connectivity index (χ4n) is 2.18. The van der Waals surface area contributed by atoms with Crippen LogP contribution in [0.2, 0.25) is 0 Å². The number of nitrogens with one attached hydrogen (secondary N) is 4. The molecule has 7 nitrogen and oxygen atoms in total. The smallest absolute Gasteiger partial charge is 0.243 e. The molecule has 2 aromatic rings. The van der Waals surface area contributed by atoms with Crippen LogP contribution >= 0.6 is 0 Å². The van der Waals surface area contributed by atoms with E-state index in [9.17, 15) is 14.4 Å². The Kier molecular flexibility index (Phi) is 6.73. The van der Waals surface area contributed by atoms with Crippen LogP contribution in [0.1, 0.15) is 20.3 Å². The van der Waals surface area contributed by atoms with Crippen molar-refractivity contribution in [2.24, 2.45) is 0 Å². The van der Waals surface area contributed by atoms with Crippen LogP contribution in [0, 0.1) is 0 Å². The van der Waals surface area contributed by atoms with E-state index >= 15 is 0 Å². The third-order valence-corrected chi connectivity index (χ3v) is 3.41. The lowest BCUT2D eigenvalue weighted by Gasteiger charge is -2.10. The predicted octanol–water partition coefficient (Wildman–Crippen LogP) is 3.04. The first-order chi connectivity index (χ1) is 12.5. The highest BCUT2D eigenvalue weighted by Gasteiger charge is 2.04. The molecule has 7 heteroatoms. The lowest BCUT2D eigenvalue weighted by atomic mass is 10.2. The Morgan fingerprint density at radius 2 is 1.35 bits per heavy atom. The molecule has 0 spiro atoms. The van der Waals surface area contributed by atoms with Gasteiger partial charge in [-0.25, -0.2) is 0 Å². The maximum atomic E-state index is 12.0. The van der Waals surface area contributed by atoms with Crippen molar-refractivity contribution in [1.82, 2.24) is 0 Å². The molecule has 2 aromatic carbocycles. The molecule has 0 radical (unpaired) electrons. The van der Waals surface area contributed by atoms with Gasteiger partial charge in [0, 0.05) is 36.1 Å². The molecule has 26 heavy (non-hydrogen) atoms. The summed E-state index contributed by atoms with van der Waals surface area (Å²) in [5, 5.41) is 11.2. The maximum absolute atomic E-state index is 12.0. The average Bonchev–Trinajstić information content (AvgIpc) is 2.61. The molecule has 0 saturated carbocycles. The largest absolute Gasteiger partial charge is 0.376 e. The van der Waals surface area contributed by atoms with Crippen molar-refractivity contribution in [3.05, 3.63) is 48.5 Å². The van der Waals surface area contributed by atoms with E-state index in [-0.39, 0.29) is 24.3 Å². The van der Waals surface area contributed by atoms with Crippen LogP contribution in [0.5, 0.6) is 0 Å². The highest BCUT2D eigenvalue weighted by atomic mass is 16.2. The molecule has 0 atom stereocenters. The van der Waals surface area contributed by atoms with Gasteiger partial charge in [-0.1, -0.05) is 13.0 Å². The number of benzene rings is 2. The van der Waals surface area contributed by atoms with Crippen molar-refractivity contribution in [2.45, 2.75) is 20.3 Å². The first-order valence-electron chi connectivity index (χ1n) is 8.27. The minimum absolute atomic E-state index is 0.0670. The quantitative estimate of drug-likeness (QED) is 0.614. The van der Waals surface area contributed by atoms with E-state index < -0.39 is 0 Å². The molecule has 2 rings (SSSR count). The van der Waals surface area contributed by atoms with Gasteiger partial charge in [0.2, 0.25) is 17.7 Å². The number of carbonyl (C=O) groups is 3. The summed E-state index contributed by atoms with van der Waals surface area (Å²) < 4.78 is 0. The number of amides is 3. The second-order valence-corrected chi connectivity index (χ2v) is 5.64. The van der Waals surface area contributed by atoms with Gasteiger partial charge in [-0.15, -0.1) is 0 Å². The topological polar surface area (TPSA) is 99.3 Å². The zero-order valence-corrected chi connectivity index (χ0v) is 14.8. The first kappa shape index (κ1) is 19.0. The summed E-state index contributed by atoms with van der Waals surface area (Å²) in [6.07, 6.45) is 0.404. The highest BCUT2D eigenvalue weighted by Crippen LogP contribution is 2.16. The molecule has 4 N–H and O–H groups in total. The Hall–Kier alpha value is -3.35. The van der Waals surface area contributed by atoms with Gasteiger partial charge in [0.15, 0.2) is 0 Å². The summed E-state index contributed by atoms with van der Waals surface area (Å²) >= 11 is 0. The molecule has 0 aliphatic rings. The SMILES string of the molecule is CCC(=O)Nc1cccc(NCC(=O)Nc2ccc(NC(C)=O)cc2)c1. The Morgan fingerprint density at radius 3 is 1.96 bits per heavy atom. The molecule has 136 valence electrons. The van der Waals surface area contributed by atoms with Crippen LogP contribution in [0.25, 0.3) is 0 Å². The molecule has 0 aliphatic heterocycles. The van der Waals surface area contributed by atoms with Crippen LogP contribution in [-0.2, 0) is 14.4 Å². The lowest BCUT2D eigenvalue weighted by Crippen LogP contribution is -2.21. The van der Waals surface area contributed by atoms with Gasteiger partial charge in [0.1, 0.15) is 0 Å². The van der Waals surface area contributed by atoms with Crippen LogP contribution in [0.15, 0.2) is 48.5 Å². The summed E-state index contributed by atoms with van der Waals surface area (Å²) in [7, 11) is 0.